The zero-order valence-corrected chi connectivity index (χ0v) is 10.9. The number of hydrogen-bond acceptors (Lipinski definition) is 4. The highest BCUT2D eigenvalue weighted by Crippen LogP contribution is 2.11. The van der Waals surface area contributed by atoms with Gasteiger partial charge in [-0.25, -0.2) is 4.98 Å². The van der Waals surface area contributed by atoms with Crippen LogP contribution in [0.3, 0.4) is 0 Å². The molecule has 1 amide bonds. The zero-order valence-electron chi connectivity index (χ0n) is 10.1. The quantitative estimate of drug-likeness (QED) is 0.830. The van der Waals surface area contributed by atoms with Gasteiger partial charge in [-0.3, -0.25) is 9.69 Å². The number of hydrogen-bond donors (Lipinski definition) is 1. The molecular formula is C11H19N3OS. The molecule has 0 radical (unpaired) electrons. The summed E-state index contributed by atoms with van der Waals surface area (Å²) in [5.41, 5.74) is 0. The van der Waals surface area contributed by atoms with Gasteiger partial charge in [0.2, 0.25) is 5.91 Å². The van der Waals surface area contributed by atoms with Gasteiger partial charge in [-0.05, 0) is 26.9 Å². The van der Waals surface area contributed by atoms with Crippen molar-refractivity contribution in [2.24, 2.45) is 0 Å². The van der Waals surface area contributed by atoms with E-state index < -0.39 is 0 Å². The fourth-order valence-electron chi connectivity index (χ4n) is 1.30. The molecule has 0 saturated carbocycles. The summed E-state index contributed by atoms with van der Waals surface area (Å²) in [6.07, 6.45) is 3.95. The van der Waals surface area contributed by atoms with E-state index in [2.05, 4.69) is 22.1 Å². The van der Waals surface area contributed by atoms with E-state index >= 15 is 0 Å². The predicted molar refractivity (Wildman–Crippen MR) is 67.7 cm³/mol. The van der Waals surface area contributed by atoms with Gasteiger partial charge in [-0.2, -0.15) is 0 Å². The first-order chi connectivity index (χ1) is 7.65. The fourth-order valence-corrected chi connectivity index (χ4v) is 1.83. The summed E-state index contributed by atoms with van der Waals surface area (Å²) in [6.45, 7) is 5.01. The second-order valence-corrected chi connectivity index (χ2v) is 4.73. The average molecular weight is 241 g/mol. The molecule has 5 heteroatoms. The van der Waals surface area contributed by atoms with Crippen LogP contribution in [0.2, 0.25) is 0 Å². The lowest BCUT2D eigenvalue weighted by Gasteiger charge is -2.22. The fraction of sp³-hybridized carbons (Fsp3) is 0.636. The third kappa shape index (κ3) is 3.90. The highest BCUT2D eigenvalue weighted by Gasteiger charge is 2.17. The lowest BCUT2D eigenvalue weighted by molar-refractivity contribution is -0.120. The van der Waals surface area contributed by atoms with Gasteiger partial charge in [0.1, 0.15) is 0 Å². The second kappa shape index (κ2) is 6.60. The Hall–Kier alpha value is -0.940. The van der Waals surface area contributed by atoms with Crippen LogP contribution in [0.5, 0.6) is 0 Å². The van der Waals surface area contributed by atoms with Crippen molar-refractivity contribution in [2.75, 3.05) is 18.9 Å². The maximum Gasteiger partial charge on any atom is 0.243 e. The third-order valence-electron chi connectivity index (χ3n) is 2.57. The molecule has 1 rings (SSSR count). The summed E-state index contributed by atoms with van der Waals surface area (Å²) < 4.78 is 0. The van der Waals surface area contributed by atoms with E-state index in [-0.39, 0.29) is 11.9 Å². The highest BCUT2D eigenvalue weighted by molar-refractivity contribution is 7.13. The number of nitrogens with zero attached hydrogens (tertiary/aromatic N) is 2. The molecule has 4 nitrogen and oxygen atoms in total. The summed E-state index contributed by atoms with van der Waals surface area (Å²) >= 11 is 1.44. The molecule has 90 valence electrons. The van der Waals surface area contributed by atoms with Crippen LogP contribution in [-0.2, 0) is 4.79 Å². The predicted octanol–water partition coefficient (Wildman–Crippen LogP) is 2.20. The van der Waals surface area contributed by atoms with E-state index in [1.807, 2.05) is 19.4 Å². The van der Waals surface area contributed by atoms with Crippen LogP contribution in [0.1, 0.15) is 26.7 Å². The number of thiazole rings is 1. The van der Waals surface area contributed by atoms with Gasteiger partial charge in [0.25, 0.3) is 0 Å². The molecule has 1 unspecified atom stereocenters. The number of nitrogens with one attached hydrogen (secondary N) is 1. The maximum atomic E-state index is 11.8. The molecule has 0 aliphatic carbocycles. The molecule has 1 heterocycles. The number of carbonyl (C=O) groups is 1. The zero-order chi connectivity index (χ0) is 12.0. The van der Waals surface area contributed by atoms with Crippen molar-refractivity contribution in [1.82, 2.24) is 9.88 Å². The number of likely N-dealkylation sites (N-methyl/N-ethyl adjacent to an activating group) is 1. The Bertz CT molecular complexity index is 313. The average Bonchev–Trinajstić information content (AvgIpc) is 2.77. The van der Waals surface area contributed by atoms with Crippen LogP contribution in [0.25, 0.3) is 0 Å². The molecule has 16 heavy (non-hydrogen) atoms. The van der Waals surface area contributed by atoms with E-state index in [9.17, 15) is 4.79 Å². The van der Waals surface area contributed by atoms with E-state index in [1.165, 1.54) is 11.3 Å². The van der Waals surface area contributed by atoms with Gasteiger partial charge in [-0.15, -0.1) is 11.3 Å². The van der Waals surface area contributed by atoms with E-state index in [0.29, 0.717) is 5.13 Å². The standard InChI is InChI=1S/C11H19N3OS/c1-4-5-7-14(3)9(2)10(15)13-11-12-6-8-16-11/h6,8-9H,4-5,7H2,1-3H3,(H,12,13,15). The lowest BCUT2D eigenvalue weighted by atomic mass is 10.2. The summed E-state index contributed by atoms with van der Waals surface area (Å²) in [5, 5.41) is 5.32. The van der Waals surface area contributed by atoms with Crippen molar-refractivity contribution in [3.63, 3.8) is 0 Å². The van der Waals surface area contributed by atoms with Crippen LogP contribution >= 0.6 is 11.3 Å². The smallest absolute Gasteiger partial charge is 0.243 e. The normalized spacial score (nSPS) is 12.8. The first-order valence-corrected chi connectivity index (χ1v) is 6.43. The largest absolute Gasteiger partial charge is 0.301 e. The van der Waals surface area contributed by atoms with Crippen LogP contribution in [0.4, 0.5) is 5.13 Å². The maximum absolute atomic E-state index is 11.8. The summed E-state index contributed by atoms with van der Waals surface area (Å²) in [7, 11) is 1.97. The van der Waals surface area contributed by atoms with Crippen LogP contribution in [-0.4, -0.2) is 35.4 Å². The van der Waals surface area contributed by atoms with Crippen molar-refractivity contribution < 1.29 is 4.79 Å². The molecule has 1 atom stereocenters. The Kier molecular flexibility index (Phi) is 5.42. The first-order valence-electron chi connectivity index (χ1n) is 5.55. The topological polar surface area (TPSA) is 45.2 Å². The SMILES string of the molecule is CCCCN(C)C(C)C(=O)Nc1nccs1. The summed E-state index contributed by atoms with van der Waals surface area (Å²) in [4.78, 5) is 17.9. The van der Waals surface area contributed by atoms with E-state index in [1.54, 1.807) is 6.20 Å². The van der Waals surface area contributed by atoms with Crippen LogP contribution < -0.4 is 5.32 Å². The van der Waals surface area contributed by atoms with E-state index in [0.717, 1.165) is 19.4 Å². The molecule has 0 saturated heterocycles. The molecule has 0 aliphatic rings. The summed E-state index contributed by atoms with van der Waals surface area (Å²) in [6, 6.07) is -0.115. The third-order valence-corrected chi connectivity index (χ3v) is 3.26. The van der Waals surface area contributed by atoms with Crippen LogP contribution in [0, 0.1) is 0 Å². The lowest BCUT2D eigenvalue weighted by Crippen LogP contribution is -2.40. The van der Waals surface area contributed by atoms with Crippen molar-refractivity contribution >= 4 is 22.4 Å². The molecule has 0 fully saturated rings. The molecule has 1 aromatic heterocycles. The second-order valence-electron chi connectivity index (χ2n) is 3.84. The molecule has 1 aromatic rings. The van der Waals surface area contributed by atoms with Gasteiger partial charge in [-0.1, -0.05) is 13.3 Å². The highest BCUT2D eigenvalue weighted by atomic mass is 32.1. The first kappa shape index (κ1) is 13.1. The monoisotopic (exact) mass is 241 g/mol. The molecule has 0 bridgehead atoms. The number of amides is 1. The Morgan fingerprint density at radius 1 is 1.69 bits per heavy atom. The molecular weight excluding hydrogens is 222 g/mol. The number of anilines is 1. The summed E-state index contributed by atoms with van der Waals surface area (Å²) in [5.74, 6) is 0.00792. The molecule has 0 aliphatic heterocycles. The van der Waals surface area contributed by atoms with Gasteiger partial charge in [0.05, 0.1) is 6.04 Å². The van der Waals surface area contributed by atoms with Gasteiger partial charge < -0.3 is 5.32 Å². The van der Waals surface area contributed by atoms with Crippen molar-refractivity contribution in [3.05, 3.63) is 11.6 Å². The number of carbonyl (C=O) groups excluding carboxylic acids is 1. The Morgan fingerprint density at radius 2 is 2.44 bits per heavy atom. The molecule has 0 aromatic carbocycles. The van der Waals surface area contributed by atoms with Gasteiger partial charge >= 0.3 is 0 Å². The Labute approximate surface area is 101 Å². The van der Waals surface area contributed by atoms with Gasteiger partial charge in [0.15, 0.2) is 5.13 Å². The molecule has 0 spiro atoms. The number of unbranched alkanes of at least 4 members (excludes halogenated alkanes) is 1. The minimum Gasteiger partial charge on any atom is -0.301 e. The number of aromatic nitrogens is 1. The Morgan fingerprint density at radius 3 is 3.00 bits per heavy atom. The minimum absolute atomic E-state index is 0.00792. The van der Waals surface area contributed by atoms with Crippen molar-refractivity contribution in [1.29, 1.82) is 0 Å². The minimum atomic E-state index is -0.115. The van der Waals surface area contributed by atoms with Crippen LogP contribution in [0.15, 0.2) is 11.6 Å². The van der Waals surface area contributed by atoms with Crippen molar-refractivity contribution in [2.45, 2.75) is 32.7 Å². The number of rotatable bonds is 6. The van der Waals surface area contributed by atoms with Gasteiger partial charge in [0, 0.05) is 11.6 Å². The van der Waals surface area contributed by atoms with Crippen molar-refractivity contribution in [3.8, 4) is 0 Å². The molecule has 1 N–H and O–H groups in total. The van der Waals surface area contributed by atoms with E-state index in [4.69, 9.17) is 0 Å². The Balaban J connectivity index is 2.41.